The minimum absolute atomic E-state index is 0.724. The third kappa shape index (κ3) is 3.89. The van der Waals surface area contributed by atoms with Crippen LogP contribution < -0.4 is 0 Å². The topological polar surface area (TPSA) is 222 Å². The van der Waals surface area contributed by atoms with E-state index in [2.05, 4.69) is 4.84 Å². The predicted octanol–water partition coefficient (Wildman–Crippen LogP) is -5.18. The van der Waals surface area contributed by atoms with Crippen LogP contribution in [0.25, 0.3) is 0 Å². The van der Waals surface area contributed by atoms with Gasteiger partial charge < -0.3 is 54.8 Å². The molecule has 14 nitrogen and oxygen atoms in total. The Morgan fingerprint density at radius 3 is 2.15 bits per heavy atom. The molecule has 2 saturated heterocycles. The lowest BCUT2D eigenvalue weighted by Gasteiger charge is -2.43. The fourth-order valence-electron chi connectivity index (χ4n) is 2.75. The molecule has 0 spiro atoms. The Morgan fingerprint density at radius 2 is 1.65 bits per heavy atom. The number of aliphatic hydroxyl groups excluding tert-OH is 7. The first-order chi connectivity index (χ1) is 12.2. The molecule has 0 saturated carbocycles. The molecule has 0 amide bonds. The summed E-state index contributed by atoms with van der Waals surface area (Å²) in [6.07, 6.45) is -13.7. The first-order valence-corrected chi connectivity index (χ1v) is 7.57. The van der Waals surface area contributed by atoms with Crippen LogP contribution >= 0.6 is 0 Å². The molecule has 9 atom stereocenters. The molecule has 0 radical (unpaired) electrons. The van der Waals surface area contributed by atoms with Gasteiger partial charge in [0.2, 0.25) is 5.79 Å². The van der Waals surface area contributed by atoms with E-state index >= 15 is 0 Å². The zero-order valence-corrected chi connectivity index (χ0v) is 13.3. The summed E-state index contributed by atoms with van der Waals surface area (Å²) in [6, 6.07) is 0. The number of ether oxygens (including phenoxy) is 3. The van der Waals surface area contributed by atoms with Crippen molar-refractivity contribution in [2.24, 2.45) is 0 Å². The zero-order chi connectivity index (χ0) is 19.6. The molecule has 7 N–H and O–H groups in total. The predicted molar refractivity (Wildman–Crippen MR) is 74.5 cm³/mol. The monoisotopic (exact) mass is 387 g/mol. The standard InChI is InChI=1S/C12H21NO13/c14-1-4-7(17)10(20)12(3-15,25-4)26-11-9(19)8(18)6(16)5(24-11)2-23-13(21)22/h4-11,14-20H,1-3H2/t4-,5-,6-,7-,8+,9-,10+,11-,12+/m1/s1. The van der Waals surface area contributed by atoms with Gasteiger partial charge in [-0.1, -0.05) is 0 Å². The Hall–Kier alpha value is -1.20. The molecule has 2 rings (SSSR count). The van der Waals surface area contributed by atoms with E-state index in [9.17, 15) is 40.8 Å². The van der Waals surface area contributed by atoms with Gasteiger partial charge in [0.25, 0.3) is 5.09 Å². The summed E-state index contributed by atoms with van der Waals surface area (Å²) in [5.74, 6) is -2.32. The molecule has 0 bridgehead atoms. The van der Waals surface area contributed by atoms with Crippen molar-refractivity contribution in [2.75, 3.05) is 19.8 Å². The van der Waals surface area contributed by atoms with Crippen LogP contribution in [0.5, 0.6) is 0 Å². The highest BCUT2D eigenvalue weighted by Gasteiger charge is 2.58. The molecule has 14 heteroatoms. The summed E-state index contributed by atoms with van der Waals surface area (Å²) >= 11 is 0. The quantitative estimate of drug-likeness (QED) is 0.160. The maximum absolute atomic E-state index is 10.3. The van der Waals surface area contributed by atoms with E-state index in [-0.39, 0.29) is 0 Å². The largest absolute Gasteiger partial charge is 0.394 e. The van der Waals surface area contributed by atoms with E-state index in [0.29, 0.717) is 0 Å². The SMILES string of the molecule is O=[N+]([O-])OC[C@H]1O[C@H](O[C@]2(CO)O[C@H](CO)[C@@H](O)[C@@H]2O)[C@H](O)[C@@H](O)[C@@H]1O. The van der Waals surface area contributed by atoms with Gasteiger partial charge in [-0.3, -0.25) is 0 Å². The van der Waals surface area contributed by atoms with Crippen molar-refractivity contribution in [2.45, 2.75) is 54.8 Å². The molecule has 0 aromatic rings. The third-order valence-electron chi connectivity index (χ3n) is 4.23. The Bertz CT molecular complexity index is 494. The van der Waals surface area contributed by atoms with Crippen LogP contribution in [0.15, 0.2) is 0 Å². The summed E-state index contributed by atoms with van der Waals surface area (Å²) < 4.78 is 15.4. The van der Waals surface area contributed by atoms with Crippen molar-refractivity contribution in [1.29, 1.82) is 0 Å². The van der Waals surface area contributed by atoms with Crippen LogP contribution in [-0.2, 0) is 19.0 Å². The van der Waals surface area contributed by atoms with Crippen molar-refractivity contribution in [3.63, 3.8) is 0 Å². The molecule has 2 aliphatic rings. The number of hydrogen-bond acceptors (Lipinski definition) is 13. The molecule has 2 aliphatic heterocycles. The van der Waals surface area contributed by atoms with Crippen molar-refractivity contribution < 1.29 is 59.9 Å². The van der Waals surface area contributed by atoms with Crippen LogP contribution in [0, 0.1) is 10.1 Å². The van der Waals surface area contributed by atoms with Gasteiger partial charge >= 0.3 is 0 Å². The fourth-order valence-corrected chi connectivity index (χ4v) is 2.75. The molecule has 152 valence electrons. The molecule has 0 aromatic carbocycles. The van der Waals surface area contributed by atoms with E-state index < -0.39 is 79.7 Å². The van der Waals surface area contributed by atoms with E-state index in [4.69, 9.17) is 19.3 Å². The second-order valence-electron chi connectivity index (χ2n) is 5.90. The summed E-state index contributed by atoms with van der Waals surface area (Å²) in [7, 11) is 0. The summed E-state index contributed by atoms with van der Waals surface area (Å²) in [4.78, 5) is 14.3. The number of hydrogen-bond donors (Lipinski definition) is 7. The van der Waals surface area contributed by atoms with Crippen molar-refractivity contribution in [3.8, 4) is 0 Å². The van der Waals surface area contributed by atoms with Gasteiger partial charge in [-0.25, -0.2) is 0 Å². The Balaban J connectivity index is 2.16. The maximum atomic E-state index is 10.3. The second kappa shape index (κ2) is 8.22. The lowest BCUT2D eigenvalue weighted by Crippen LogP contribution is -2.62. The van der Waals surface area contributed by atoms with Crippen molar-refractivity contribution in [1.82, 2.24) is 0 Å². The minimum Gasteiger partial charge on any atom is -0.394 e. The van der Waals surface area contributed by atoms with E-state index in [1.165, 1.54) is 0 Å². The van der Waals surface area contributed by atoms with Gasteiger partial charge in [0.15, 0.2) is 6.29 Å². The van der Waals surface area contributed by atoms with E-state index in [1.54, 1.807) is 0 Å². The van der Waals surface area contributed by atoms with Crippen LogP contribution in [0.2, 0.25) is 0 Å². The Labute approximate surface area is 145 Å². The summed E-state index contributed by atoms with van der Waals surface area (Å²) in [5, 5.41) is 77.2. The number of nitrogens with zero attached hydrogens (tertiary/aromatic N) is 1. The molecule has 2 fully saturated rings. The zero-order valence-electron chi connectivity index (χ0n) is 13.3. The molecule has 2 heterocycles. The molecular weight excluding hydrogens is 366 g/mol. The normalized spacial score (nSPS) is 46.3. The highest BCUT2D eigenvalue weighted by Crippen LogP contribution is 2.35. The lowest BCUT2D eigenvalue weighted by atomic mass is 9.99. The highest BCUT2D eigenvalue weighted by atomic mass is 17.0. The maximum Gasteiger partial charge on any atom is 0.294 e. The van der Waals surface area contributed by atoms with Crippen molar-refractivity contribution in [3.05, 3.63) is 10.1 Å². The minimum atomic E-state index is -2.32. The smallest absolute Gasteiger partial charge is 0.294 e. The van der Waals surface area contributed by atoms with E-state index in [0.717, 1.165) is 0 Å². The molecule has 26 heavy (non-hydrogen) atoms. The first-order valence-electron chi connectivity index (χ1n) is 7.57. The summed E-state index contributed by atoms with van der Waals surface area (Å²) in [5.41, 5.74) is 0. The van der Waals surface area contributed by atoms with Crippen LogP contribution in [0.3, 0.4) is 0 Å². The van der Waals surface area contributed by atoms with Gasteiger partial charge in [0.05, 0.1) is 6.61 Å². The van der Waals surface area contributed by atoms with Crippen LogP contribution in [0.4, 0.5) is 0 Å². The number of aliphatic hydroxyl groups is 7. The summed E-state index contributed by atoms with van der Waals surface area (Å²) in [6.45, 7) is -2.57. The second-order valence-corrected chi connectivity index (χ2v) is 5.90. The van der Waals surface area contributed by atoms with Gasteiger partial charge in [-0.05, 0) is 0 Å². The molecule has 0 aliphatic carbocycles. The van der Waals surface area contributed by atoms with Gasteiger partial charge in [-0.15, -0.1) is 10.1 Å². The first kappa shape index (κ1) is 21.1. The van der Waals surface area contributed by atoms with Crippen molar-refractivity contribution >= 4 is 0 Å². The van der Waals surface area contributed by atoms with Crippen LogP contribution in [-0.4, -0.2) is 115 Å². The molecule has 0 unspecified atom stereocenters. The van der Waals surface area contributed by atoms with Gasteiger partial charge in [0.1, 0.15) is 55.9 Å². The highest BCUT2D eigenvalue weighted by molar-refractivity contribution is 4.98. The molecular formula is C12H21NO13. The Kier molecular flexibility index (Phi) is 6.67. The van der Waals surface area contributed by atoms with Gasteiger partial charge in [-0.2, -0.15) is 0 Å². The lowest BCUT2D eigenvalue weighted by molar-refractivity contribution is -0.760. The Morgan fingerprint density at radius 1 is 1.00 bits per heavy atom. The van der Waals surface area contributed by atoms with E-state index in [1.807, 2.05) is 0 Å². The average Bonchev–Trinajstić information content (AvgIpc) is 2.86. The molecule has 0 aromatic heterocycles. The third-order valence-corrected chi connectivity index (χ3v) is 4.23. The van der Waals surface area contributed by atoms with Gasteiger partial charge in [0, 0.05) is 0 Å². The fraction of sp³-hybridized carbons (Fsp3) is 1.00. The average molecular weight is 387 g/mol. The number of rotatable bonds is 7. The van der Waals surface area contributed by atoms with Crippen LogP contribution in [0.1, 0.15) is 0 Å².